The summed E-state index contributed by atoms with van der Waals surface area (Å²) in [6.07, 6.45) is 3.08. The Morgan fingerprint density at radius 2 is 2.24 bits per heavy atom. The Bertz CT molecular complexity index is 795. The predicted octanol–water partition coefficient (Wildman–Crippen LogP) is 1.82. The fraction of sp³-hybridized carbons (Fsp3) is 0.474. The van der Waals surface area contributed by atoms with Crippen LogP contribution in [0.2, 0.25) is 0 Å². The maximum absolute atomic E-state index is 12.6. The number of likely N-dealkylation sites (N-methyl/N-ethyl adjacent to an activating group) is 1. The van der Waals surface area contributed by atoms with Crippen molar-refractivity contribution in [1.82, 2.24) is 20.0 Å². The van der Waals surface area contributed by atoms with Crippen molar-refractivity contribution in [3.8, 4) is 5.75 Å². The van der Waals surface area contributed by atoms with E-state index in [0.29, 0.717) is 18.3 Å². The highest BCUT2D eigenvalue weighted by Gasteiger charge is 2.30. The molecule has 0 spiro atoms. The van der Waals surface area contributed by atoms with Gasteiger partial charge in [-0.15, -0.1) is 0 Å². The zero-order chi connectivity index (χ0) is 17.4. The van der Waals surface area contributed by atoms with Gasteiger partial charge in [0.05, 0.1) is 13.7 Å². The third kappa shape index (κ3) is 3.39. The van der Waals surface area contributed by atoms with E-state index in [2.05, 4.69) is 23.3 Å². The van der Waals surface area contributed by atoms with Crippen LogP contribution in [0.15, 0.2) is 24.3 Å². The zero-order valence-corrected chi connectivity index (χ0v) is 14.8. The molecule has 2 aromatic rings. The van der Waals surface area contributed by atoms with Crippen molar-refractivity contribution in [3.05, 3.63) is 46.8 Å². The second kappa shape index (κ2) is 6.52. The second-order valence-electron chi connectivity index (χ2n) is 7.02. The van der Waals surface area contributed by atoms with Gasteiger partial charge in [-0.2, -0.15) is 5.10 Å². The molecule has 1 saturated carbocycles. The lowest BCUT2D eigenvalue weighted by Gasteiger charge is -2.23. The van der Waals surface area contributed by atoms with Crippen LogP contribution < -0.4 is 10.1 Å². The molecule has 1 aromatic carbocycles. The Balaban J connectivity index is 1.65. The summed E-state index contributed by atoms with van der Waals surface area (Å²) in [5.74, 6) is 0.809. The van der Waals surface area contributed by atoms with E-state index >= 15 is 0 Å². The number of carbonyl (C=O) groups excluding carboxylic acids is 1. The van der Waals surface area contributed by atoms with Crippen molar-refractivity contribution >= 4 is 5.91 Å². The van der Waals surface area contributed by atoms with Gasteiger partial charge in [-0.25, -0.2) is 0 Å². The van der Waals surface area contributed by atoms with E-state index in [4.69, 9.17) is 9.84 Å². The molecule has 0 bridgehead atoms. The first-order chi connectivity index (χ1) is 12.1. The maximum Gasteiger partial charge on any atom is 0.272 e. The quantitative estimate of drug-likeness (QED) is 0.902. The number of benzene rings is 1. The molecular weight excluding hydrogens is 316 g/mol. The van der Waals surface area contributed by atoms with E-state index in [1.54, 1.807) is 7.11 Å². The van der Waals surface area contributed by atoms with Gasteiger partial charge in [0.1, 0.15) is 5.75 Å². The summed E-state index contributed by atoms with van der Waals surface area (Å²) in [5, 5.41) is 7.77. The molecule has 2 heterocycles. The molecule has 25 heavy (non-hydrogen) atoms. The lowest BCUT2D eigenvalue weighted by atomic mass is 10.0. The van der Waals surface area contributed by atoms with E-state index in [1.807, 2.05) is 22.9 Å². The number of aromatic nitrogens is 2. The van der Waals surface area contributed by atoms with Crippen LogP contribution in [0.25, 0.3) is 0 Å². The molecule has 0 radical (unpaired) electrons. The van der Waals surface area contributed by atoms with Gasteiger partial charge >= 0.3 is 0 Å². The summed E-state index contributed by atoms with van der Waals surface area (Å²) in [5.41, 5.74) is 3.98. The van der Waals surface area contributed by atoms with Crippen LogP contribution in [0.3, 0.4) is 0 Å². The summed E-state index contributed by atoms with van der Waals surface area (Å²) in [7, 11) is 3.76. The van der Waals surface area contributed by atoms with Crippen molar-refractivity contribution in [2.45, 2.75) is 38.4 Å². The Hall–Kier alpha value is -2.34. The number of nitrogens with one attached hydrogen (secondary N) is 1. The van der Waals surface area contributed by atoms with E-state index in [-0.39, 0.29) is 5.91 Å². The summed E-state index contributed by atoms with van der Waals surface area (Å²) >= 11 is 0. The number of hydrogen-bond acceptors (Lipinski definition) is 4. The van der Waals surface area contributed by atoms with Crippen molar-refractivity contribution in [1.29, 1.82) is 0 Å². The summed E-state index contributed by atoms with van der Waals surface area (Å²) in [4.78, 5) is 14.9. The summed E-state index contributed by atoms with van der Waals surface area (Å²) < 4.78 is 7.31. The fourth-order valence-corrected chi connectivity index (χ4v) is 3.36. The Morgan fingerprint density at radius 1 is 1.40 bits per heavy atom. The van der Waals surface area contributed by atoms with E-state index in [9.17, 15) is 4.79 Å². The minimum atomic E-state index is -0.0292. The molecular formula is C19H24N4O2. The van der Waals surface area contributed by atoms with Crippen LogP contribution >= 0.6 is 0 Å². The number of rotatable bonds is 5. The standard InChI is InChI=1S/C19H24N4O2/c1-22-9-8-17-16(12-22)18(19(24)20-14-6-7-14)21-23(17)11-13-4-3-5-15(10-13)25-2/h3-5,10,14H,6-9,11-12H2,1-2H3,(H,20,24). The van der Waals surface area contributed by atoms with Gasteiger partial charge in [0.25, 0.3) is 5.91 Å². The van der Waals surface area contributed by atoms with E-state index in [1.165, 1.54) is 5.69 Å². The molecule has 0 unspecified atom stereocenters. The summed E-state index contributed by atoms with van der Waals surface area (Å²) in [6, 6.07) is 8.35. The van der Waals surface area contributed by atoms with Gasteiger partial charge in [-0.3, -0.25) is 9.48 Å². The lowest BCUT2D eigenvalue weighted by Crippen LogP contribution is -2.30. The molecule has 4 rings (SSSR count). The average Bonchev–Trinajstić information content (AvgIpc) is 3.36. The molecule has 1 amide bonds. The molecule has 6 nitrogen and oxygen atoms in total. The van der Waals surface area contributed by atoms with Crippen LogP contribution in [-0.2, 0) is 19.5 Å². The predicted molar refractivity (Wildman–Crippen MR) is 94.8 cm³/mol. The first kappa shape index (κ1) is 16.1. The number of hydrogen-bond donors (Lipinski definition) is 1. The molecule has 1 aromatic heterocycles. The second-order valence-corrected chi connectivity index (χ2v) is 7.02. The van der Waals surface area contributed by atoms with Gasteiger partial charge in [0.2, 0.25) is 0 Å². The maximum atomic E-state index is 12.6. The van der Waals surface area contributed by atoms with Crippen molar-refractivity contribution in [3.63, 3.8) is 0 Å². The molecule has 2 aliphatic rings. The molecule has 1 fully saturated rings. The van der Waals surface area contributed by atoms with Gasteiger partial charge < -0.3 is 15.0 Å². The number of ether oxygens (including phenoxy) is 1. The molecule has 0 atom stereocenters. The first-order valence-corrected chi connectivity index (χ1v) is 8.85. The Labute approximate surface area is 147 Å². The highest BCUT2D eigenvalue weighted by Crippen LogP contribution is 2.25. The third-order valence-corrected chi connectivity index (χ3v) is 4.92. The topological polar surface area (TPSA) is 59.4 Å². The van der Waals surface area contributed by atoms with Crippen molar-refractivity contribution in [2.75, 3.05) is 20.7 Å². The molecule has 1 aliphatic carbocycles. The molecule has 6 heteroatoms. The Kier molecular flexibility index (Phi) is 4.21. The first-order valence-electron chi connectivity index (χ1n) is 8.85. The molecule has 0 saturated heterocycles. The minimum absolute atomic E-state index is 0.0292. The third-order valence-electron chi connectivity index (χ3n) is 4.92. The molecule has 1 aliphatic heterocycles. The van der Waals surface area contributed by atoms with Crippen LogP contribution in [0.4, 0.5) is 0 Å². The number of fused-ring (bicyclic) bond motifs is 1. The number of methoxy groups -OCH3 is 1. The average molecular weight is 340 g/mol. The largest absolute Gasteiger partial charge is 0.497 e. The van der Waals surface area contributed by atoms with Crippen LogP contribution in [0.5, 0.6) is 5.75 Å². The van der Waals surface area contributed by atoms with Gasteiger partial charge in [-0.05, 0) is 37.6 Å². The molecule has 132 valence electrons. The number of carbonyl (C=O) groups is 1. The Morgan fingerprint density at radius 3 is 3.00 bits per heavy atom. The van der Waals surface area contributed by atoms with E-state index < -0.39 is 0 Å². The van der Waals surface area contributed by atoms with Crippen LogP contribution in [0, 0.1) is 0 Å². The normalized spacial score (nSPS) is 17.2. The summed E-state index contributed by atoms with van der Waals surface area (Å²) in [6.45, 7) is 2.42. The minimum Gasteiger partial charge on any atom is -0.497 e. The highest BCUT2D eigenvalue weighted by molar-refractivity contribution is 5.94. The smallest absolute Gasteiger partial charge is 0.272 e. The van der Waals surface area contributed by atoms with Gasteiger partial charge in [0, 0.05) is 36.8 Å². The SMILES string of the molecule is COc1cccc(Cn2nc(C(=O)NC3CC3)c3c2CCN(C)C3)c1. The lowest BCUT2D eigenvalue weighted by molar-refractivity contribution is 0.0943. The van der Waals surface area contributed by atoms with Gasteiger partial charge in [-0.1, -0.05) is 12.1 Å². The van der Waals surface area contributed by atoms with Crippen LogP contribution in [0.1, 0.15) is 40.2 Å². The number of nitrogens with zero attached hydrogens (tertiary/aromatic N) is 3. The van der Waals surface area contributed by atoms with Gasteiger partial charge in [0.15, 0.2) is 5.69 Å². The molecule has 1 N–H and O–H groups in total. The van der Waals surface area contributed by atoms with Crippen LogP contribution in [-0.4, -0.2) is 47.3 Å². The van der Waals surface area contributed by atoms with Crippen molar-refractivity contribution < 1.29 is 9.53 Å². The fourth-order valence-electron chi connectivity index (χ4n) is 3.36. The number of amides is 1. The zero-order valence-electron chi connectivity index (χ0n) is 14.8. The van der Waals surface area contributed by atoms with Crippen molar-refractivity contribution in [2.24, 2.45) is 0 Å². The monoisotopic (exact) mass is 340 g/mol. The highest BCUT2D eigenvalue weighted by atomic mass is 16.5. The van der Waals surface area contributed by atoms with E-state index in [0.717, 1.165) is 49.2 Å².